The topological polar surface area (TPSA) is 58.9 Å². The molecule has 6 heteroatoms. The van der Waals surface area contributed by atoms with Crippen LogP contribution in [-0.2, 0) is 11.4 Å². The van der Waals surface area contributed by atoms with Crippen molar-refractivity contribution >= 4 is 11.4 Å². The molecule has 0 fully saturated rings. The first-order valence-corrected chi connectivity index (χ1v) is 4.80. The SMILES string of the molecule is CC(C)(C)[S@+]([O-])N[C@H](C#N)C(F)F. The molecule has 0 radical (unpaired) electrons. The summed E-state index contributed by atoms with van der Waals surface area (Å²) in [6, 6.07) is -0.316. The summed E-state index contributed by atoms with van der Waals surface area (Å²) >= 11 is -1.64. The molecule has 0 aromatic carbocycles. The summed E-state index contributed by atoms with van der Waals surface area (Å²) in [4.78, 5) is 0. The average molecular weight is 210 g/mol. The second kappa shape index (κ2) is 4.74. The van der Waals surface area contributed by atoms with E-state index in [2.05, 4.69) is 4.72 Å². The van der Waals surface area contributed by atoms with Crippen LogP contribution in [0.1, 0.15) is 20.8 Å². The van der Waals surface area contributed by atoms with Gasteiger partial charge in [-0.25, -0.2) is 8.78 Å². The third-order valence-corrected chi connectivity index (χ3v) is 2.76. The third-order valence-electron chi connectivity index (χ3n) is 1.18. The Morgan fingerprint density at radius 1 is 1.46 bits per heavy atom. The molecule has 0 saturated heterocycles. The largest absolute Gasteiger partial charge is 0.598 e. The number of alkyl halides is 2. The molecule has 0 unspecified atom stereocenters. The summed E-state index contributed by atoms with van der Waals surface area (Å²) in [5.74, 6) is 0. The lowest BCUT2D eigenvalue weighted by Crippen LogP contribution is -2.46. The summed E-state index contributed by atoms with van der Waals surface area (Å²) in [6.45, 7) is 4.90. The van der Waals surface area contributed by atoms with Gasteiger partial charge in [0.1, 0.15) is 4.75 Å². The van der Waals surface area contributed by atoms with E-state index in [1.165, 1.54) is 6.07 Å². The van der Waals surface area contributed by atoms with Crippen LogP contribution in [0.3, 0.4) is 0 Å². The fourth-order valence-electron chi connectivity index (χ4n) is 0.426. The summed E-state index contributed by atoms with van der Waals surface area (Å²) in [5, 5.41) is 8.28. The zero-order valence-corrected chi connectivity index (χ0v) is 8.49. The number of rotatable bonds is 3. The maximum atomic E-state index is 12.0. The van der Waals surface area contributed by atoms with E-state index in [1.54, 1.807) is 20.8 Å². The minimum absolute atomic E-state index is 0.649. The smallest absolute Gasteiger partial charge is 0.271 e. The Morgan fingerprint density at radius 2 is 1.92 bits per heavy atom. The molecule has 0 heterocycles. The number of hydrogen-bond donors (Lipinski definition) is 1. The fourth-order valence-corrected chi connectivity index (χ4v) is 1.17. The van der Waals surface area contributed by atoms with Gasteiger partial charge < -0.3 is 4.55 Å². The molecule has 0 saturated carbocycles. The lowest BCUT2D eigenvalue weighted by Gasteiger charge is -2.25. The van der Waals surface area contributed by atoms with Crippen LogP contribution in [-0.4, -0.2) is 21.8 Å². The van der Waals surface area contributed by atoms with Crippen molar-refractivity contribution in [2.24, 2.45) is 0 Å². The normalized spacial score (nSPS) is 16.8. The van der Waals surface area contributed by atoms with Gasteiger partial charge in [-0.05, 0) is 20.8 Å². The van der Waals surface area contributed by atoms with Gasteiger partial charge in [0.25, 0.3) is 6.43 Å². The van der Waals surface area contributed by atoms with Crippen molar-refractivity contribution in [3.63, 3.8) is 0 Å². The van der Waals surface area contributed by atoms with Crippen LogP contribution in [0.25, 0.3) is 0 Å². The van der Waals surface area contributed by atoms with E-state index in [0.717, 1.165) is 0 Å². The highest BCUT2D eigenvalue weighted by Gasteiger charge is 2.32. The zero-order valence-electron chi connectivity index (χ0n) is 7.67. The molecule has 0 aliphatic carbocycles. The maximum Gasteiger partial charge on any atom is 0.271 e. The van der Waals surface area contributed by atoms with E-state index in [1.807, 2.05) is 0 Å². The van der Waals surface area contributed by atoms with Gasteiger partial charge in [-0.15, -0.1) is 4.72 Å². The van der Waals surface area contributed by atoms with Crippen molar-refractivity contribution in [3.05, 3.63) is 0 Å². The molecule has 0 bridgehead atoms. The van der Waals surface area contributed by atoms with Crippen LogP contribution in [0.15, 0.2) is 0 Å². The second-order valence-electron chi connectivity index (χ2n) is 3.44. The zero-order chi connectivity index (χ0) is 10.6. The van der Waals surface area contributed by atoms with Gasteiger partial charge in [0.05, 0.1) is 6.07 Å². The third kappa shape index (κ3) is 4.41. The first-order chi connectivity index (χ1) is 5.79. The molecule has 2 atom stereocenters. The summed E-state index contributed by atoms with van der Waals surface area (Å²) in [6.07, 6.45) is -2.82. The highest BCUT2D eigenvalue weighted by Crippen LogP contribution is 2.15. The molecule has 13 heavy (non-hydrogen) atoms. The molecule has 0 aromatic heterocycles. The van der Waals surface area contributed by atoms with Gasteiger partial charge in [-0.2, -0.15) is 5.26 Å². The minimum Gasteiger partial charge on any atom is -0.598 e. The van der Waals surface area contributed by atoms with Crippen LogP contribution in [0, 0.1) is 11.3 Å². The van der Waals surface area contributed by atoms with Gasteiger partial charge in [0.15, 0.2) is 6.04 Å². The van der Waals surface area contributed by atoms with Crippen LogP contribution in [0.4, 0.5) is 8.78 Å². The Bertz CT molecular complexity index is 200. The van der Waals surface area contributed by atoms with Gasteiger partial charge in [0, 0.05) is 11.4 Å². The monoisotopic (exact) mass is 210 g/mol. The van der Waals surface area contributed by atoms with Crippen LogP contribution in [0.5, 0.6) is 0 Å². The molecule has 0 spiro atoms. The predicted molar refractivity (Wildman–Crippen MR) is 46.4 cm³/mol. The van der Waals surface area contributed by atoms with E-state index >= 15 is 0 Å². The van der Waals surface area contributed by atoms with Gasteiger partial charge in [0.2, 0.25) is 0 Å². The maximum absolute atomic E-state index is 12.0. The van der Waals surface area contributed by atoms with Gasteiger partial charge >= 0.3 is 0 Å². The lowest BCUT2D eigenvalue weighted by atomic mass is 10.3. The first-order valence-electron chi connectivity index (χ1n) is 3.65. The van der Waals surface area contributed by atoms with Crippen molar-refractivity contribution in [2.75, 3.05) is 0 Å². The molecular formula is C7H12F2N2OS. The molecule has 3 nitrogen and oxygen atoms in total. The summed E-state index contributed by atoms with van der Waals surface area (Å²) in [5.41, 5.74) is 0. The second-order valence-corrected chi connectivity index (χ2v) is 5.44. The molecule has 0 amide bonds. The number of nitrogens with zero attached hydrogens (tertiary/aromatic N) is 1. The van der Waals surface area contributed by atoms with Crippen LogP contribution < -0.4 is 4.72 Å². The Kier molecular flexibility index (Phi) is 4.61. The molecule has 0 aliphatic rings. The quantitative estimate of drug-likeness (QED) is 0.712. The van der Waals surface area contributed by atoms with Crippen molar-refractivity contribution in [3.8, 4) is 6.07 Å². The molecule has 0 rings (SSSR count). The van der Waals surface area contributed by atoms with E-state index in [-0.39, 0.29) is 0 Å². The lowest BCUT2D eigenvalue weighted by molar-refractivity contribution is 0.129. The highest BCUT2D eigenvalue weighted by atomic mass is 32.2. The number of halogens is 2. The number of hydrogen-bond acceptors (Lipinski definition) is 3. The summed E-state index contributed by atoms with van der Waals surface area (Å²) in [7, 11) is 0. The highest BCUT2D eigenvalue weighted by molar-refractivity contribution is 7.90. The number of nitriles is 1. The molecule has 0 aromatic rings. The Hall–Kier alpha value is -0.380. The van der Waals surface area contributed by atoms with Crippen molar-refractivity contribution < 1.29 is 13.3 Å². The minimum atomic E-state index is -2.82. The molecule has 76 valence electrons. The number of nitrogens with one attached hydrogen (secondary N) is 1. The van der Waals surface area contributed by atoms with Gasteiger partial charge in [-0.3, -0.25) is 0 Å². The predicted octanol–water partition coefficient (Wildman–Crippen LogP) is 1.20. The van der Waals surface area contributed by atoms with E-state index in [9.17, 15) is 13.3 Å². The van der Waals surface area contributed by atoms with Gasteiger partial charge in [-0.1, -0.05) is 0 Å². The summed E-state index contributed by atoms with van der Waals surface area (Å²) < 4.78 is 36.7. The van der Waals surface area contributed by atoms with Crippen molar-refractivity contribution in [1.29, 1.82) is 5.26 Å². The van der Waals surface area contributed by atoms with E-state index < -0.39 is 28.6 Å². The van der Waals surface area contributed by atoms with Crippen molar-refractivity contribution in [1.82, 2.24) is 4.72 Å². The molecule has 1 N–H and O–H groups in total. The van der Waals surface area contributed by atoms with Crippen LogP contribution in [0.2, 0.25) is 0 Å². The van der Waals surface area contributed by atoms with E-state index in [4.69, 9.17) is 5.26 Å². The standard InChI is InChI=1S/C7H12F2N2OS/c1-7(2,3)13(12)11-5(4-10)6(8)9/h5-6,11H,1-3H3/t5-,13+/m1/s1. The fraction of sp³-hybridized carbons (Fsp3) is 0.857. The molecular weight excluding hydrogens is 198 g/mol. The first kappa shape index (κ1) is 12.6. The van der Waals surface area contributed by atoms with Crippen molar-refractivity contribution in [2.45, 2.75) is 38.0 Å². The Balaban J connectivity index is 4.20. The Labute approximate surface area is 79.4 Å². The average Bonchev–Trinajstić information content (AvgIpc) is 1.96. The molecule has 0 aliphatic heterocycles. The van der Waals surface area contributed by atoms with Crippen LogP contribution >= 0.6 is 0 Å². The Morgan fingerprint density at radius 3 is 2.15 bits per heavy atom. The van der Waals surface area contributed by atoms with E-state index in [0.29, 0.717) is 0 Å².